The second-order valence-electron chi connectivity index (χ2n) is 2.99. The Morgan fingerprint density at radius 3 is 2.43 bits per heavy atom. The Balaban J connectivity index is 0.000000292. The maximum atomic E-state index is 10.7. The van der Waals surface area contributed by atoms with Gasteiger partial charge in [0.2, 0.25) is 0 Å². The molecule has 1 atom stereocenters. The summed E-state index contributed by atoms with van der Waals surface area (Å²) in [6.45, 7) is 5.62. The maximum Gasteiger partial charge on any atom is 0.322 e. The third kappa shape index (κ3) is 5.48. The molecule has 1 aliphatic rings. The highest BCUT2D eigenvalue weighted by molar-refractivity contribution is 5.86. The summed E-state index contributed by atoms with van der Waals surface area (Å²) in [4.78, 5) is 20.4. The average Bonchev–Trinajstić information content (AvgIpc) is 2.70. The molecule has 0 aromatic rings. The molecule has 1 saturated heterocycles. The van der Waals surface area contributed by atoms with Crippen molar-refractivity contribution in [3.8, 4) is 0 Å². The zero-order valence-corrected chi connectivity index (χ0v) is 8.71. The van der Waals surface area contributed by atoms with E-state index in [0.29, 0.717) is 0 Å². The van der Waals surface area contributed by atoms with Crippen LogP contribution in [0.15, 0.2) is 12.7 Å². The Bertz CT molecular complexity index is 207. The fourth-order valence-corrected chi connectivity index (χ4v) is 1.03. The first-order valence-electron chi connectivity index (χ1n) is 4.56. The van der Waals surface area contributed by atoms with Crippen LogP contribution in [0, 0.1) is 0 Å². The minimum absolute atomic E-state index is 0.0185. The Kier molecular flexibility index (Phi) is 6.66. The number of ether oxygens (including phenoxy) is 1. The molecule has 4 heteroatoms. The van der Waals surface area contributed by atoms with E-state index >= 15 is 0 Å². The van der Waals surface area contributed by atoms with Gasteiger partial charge in [-0.25, -0.2) is 0 Å². The Morgan fingerprint density at radius 1 is 1.57 bits per heavy atom. The van der Waals surface area contributed by atoms with Gasteiger partial charge in [-0.3, -0.25) is 9.59 Å². The molecule has 0 amide bonds. The average molecular weight is 199 g/mol. The lowest BCUT2D eigenvalue weighted by Crippen LogP contribution is -2.31. The van der Waals surface area contributed by atoms with Gasteiger partial charge in [-0.1, -0.05) is 6.58 Å². The summed E-state index contributed by atoms with van der Waals surface area (Å²) in [5.74, 6) is -0.113. The molecule has 1 fully saturated rings. The molecule has 0 aromatic carbocycles. The first kappa shape index (κ1) is 12.8. The van der Waals surface area contributed by atoms with Gasteiger partial charge in [-0.15, -0.1) is 0 Å². The zero-order chi connectivity index (χ0) is 11.0. The van der Waals surface area contributed by atoms with Crippen molar-refractivity contribution in [3.05, 3.63) is 12.7 Å². The van der Waals surface area contributed by atoms with Gasteiger partial charge in [0.1, 0.15) is 6.04 Å². The zero-order valence-electron chi connectivity index (χ0n) is 8.71. The van der Waals surface area contributed by atoms with E-state index < -0.39 is 0 Å². The van der Waals surface area contributed by atoms with Crippen LogP contribution in [0.3, 0.4) is 0 Å². The van der Waals surface area contributed by atoms with Crippen molar-refractivity contribution in [3.63, 3.8) is 0 Å². The summed E-state index contributed by atoms with van der Waals surface area (Å²) in [5, 5.41) is 3.03. The topological polar surface area (TPSA) is 55.4 Å². The van der Waals surface area contributed by atoms with Gasteiger partial charge in [-0.05, 0) is 32.4 Å². The Labute approximate surface area is 84.3 Å². The second-order valence-corrected chi connectivity index (χ2v) is 2.99. The first-order valence-corrected chi connectivity index (χ1v) is 4.56. The summed E-state index contributed by atoms with van der Waals surface area (Å²) in [5.41, 5.74) is 0. The quantitative estimate of drug-likeness (QED) is 0.524. The molecule has 1 heterocycles. The minimum atomic E-state index is -0.132. The first-order chi connectivity index (χ1) is 6.61. The lowest BCUT2D eigenvalue weighted by molar-refractivity contribution is -0.142. The van der Waals surface area contributed by atoms with Crippen LogP contribution in [-0.2, 0) is 14.3 Å². The van der Waals surface area contributed by atoms with E-state index in [1.54, 1.807) is 0 Å². The molecule has 14 heavy (non-hydrogen) atoms. The van der Waals surface area contributed by atoms with Gasteiger partial charge in [0.15, 0.2) is 5.78 Å². The summed E-state index contributed by atoms with van der Waals surface area (Å²) in [6.07, 6.45) is 3.28. The fraction of sp³-hybridized carbons (Fsp3) is 0.600. The van der Waals surface area contributed by atoms with E-state index in [2.05, 4.69) is 16.6 Å². The van der Waals surface area contributed by atoms with Gasteiger partial charge in [-0.2, -0.15) is 0 Å². The van der Waals surface area contributed by atoms with Crippen LogP contribution < -0.4 is 5.32 Å². The summed E-state index contributed by atoms with van der Waals surface area (Å²) in [7, 11) is 1.42. The lowest BCUT2D eigenvalue weighted by Gasteiger charge is -2.04. The highest BCUT2D eigenvalue weighted by Crippen LogP contribution is 2.05. The van der Waals surface area contributed by atoms with Gasteiger partial charge < -0.3 is 10.1 Å². The molecule has 0 saturated carbocycles. The monoisotopic (exact) mass is 199 g/mol. The van der Waals surface area contributed by atoms with Crippen LogP contribution in [0.4, 0.5) is 0 Å². The third-order valence-corrected chi connectivity index (χ3v) is 1.83. The van der Waals surface area contributed by atoms with Crippen LogP contribution in [0.5, 0.6) is 0 Å². The van der Waals surface area contributed by atoms with Crippen LogP contribution in [0.2, 0.25) is 0 Å². The molecule has 1 rings (SSSR count). The molecule has 0 spiro atoms. The van der Waals surface area contributed by atoms with Crippen LogP contribution in [0.25, 0.3) is 0 Å². The van der Waals surface area contributed by atoms with Gasteiger partial charge in [0.25, 0.3) is 0 Å². The van der Waals surface area contributed by atoms with Crippen molar-refractivity contribution in [1.82, 2.24) is 5.32 Å². The van der Waals surface area contributed by atoms with Crippen LogP contribution in [-0.4, -0.2) is 31.4 Å². The molecule has 1 N–H and O–H groups in total. The van der Waals surface area contributed by atoms with E-state index in [1.807, 2.05) is 0 Å². The minimum Gasteiger partial charge on any atom is -0.468 e. The highest BCUT2D eigenvalue weighted by atomic mass is 16.5. The number of rotatable bonds is 2. The number of nitrogens with one attached hydrogen (secondary N) is 1. The van der Waals surface area contributed by atoms with Crippen LogP contribution in [0.1, 0.15) is 19.8 Å². The molecule has 0 aliphatic carbocycles. The smallest absolute Gasteiger partial charge is 0.322 e. The summed E-state index contributed by atoms with van der Waals surface area (Å²) >= 11 is 0. The summed E-state index contributed by atoms with van der Waals surface area (Å²) in [6, 6.07) is -0.0324. The molecule has 1 aliphatic heterocycles. The molecule has 0 aromatic heterocycles. The van der Waals surface area contributed by atoms with Crippen molar-refractivity contribution in [1.29, 1.82) is 0 Å². The van der Waals surface area contributed by atoms with E-state index in [1.165, 1.54) is 20.1 Å². The van der Waals surface area contributed by atoms with Gasteiger partial charge >= 0.3 is 5.97 Å². The number of carbonyl (C=O) groups excluding carboxylic acids is 2. The van der Waals surface area contributed by atoms with Crippen LogP contribution >= 0.6 is 0 Å². The van der Waals surface area contributed by atoms with Gasteiger partial charge in [0, 0.05) is 0 Å². The van der Waals surface area contributed by atoms with Crippen molar-refractivity contribution < 1.29 is 14.3 Å². The Morgan fingerprint density at radius 2 is 2.14 bits per heavy atom. The van der Waals surface area contributed by atoms with Gasteiger partial charge in [0.05, 0.1) is 7.11 Å². The van der Waals surface area contributed by atoms with E-state index in [9.17, 15) is 9.59 Å². The largest absolute Gasteiger partial charge is 0.468 e. The maximum absolute atomic E-state index is 10.7. The SMILES string of the molecule is C=CC(C)=O.COC(=O)C1CCCN1. The number of carbonyl (C=O) groups is 2. The van der Waals surface area contributed by atoms with Crippen molar-refractivity contribution in [2.45, 2.75) is 25.8 Å². The number of methoxy groups -OCH3 is 1. The molecular weight excluding hydrogens is 182 g/mol. The highest BCUT2D eigenvalue weighted by Gasteiger charge is 2.21. The van der Waals surface area contributed by atoms with Crippen molar-refractivity contribution in [2.24, 2.45) is 0 Å². The third-order valence-electron chi connectivity index (χ3n) is 1.83. The predicted octanol–water partition coefficient (Wildman–Crippen LogP) is 0.673. The molecule has 4 nitrogen and oxygen atoms in total. The van der Waals surface area contributed by atoms with Crippen molar-refractivity contribution in [2.75, 3.05) is 13.7 Å². The number of allylic oxidation sites excluding steroid dienone is 1. The molecule has 80 valence electrons. The van der Waals surface area contributed by atoms with Crippen molar-refractivity contribution >= 4 is 11.8 Å². The normalized spacial score (nSPS) is 19.1. The molecule has 0 bridgehead atoms. The predicted molar refractivity (Wildman–Crippen MR) is 53.9 cm³/mol. The summed E-state index contributed by atoms with van der Waals surface area (Å²) < 4.78 is 4.53. The molecule has 1 unspecified atom stereocenters. The number of esters is 1. The second kappa shape index (κ2) is 7.26. The van der Waals surface area contributed by atoms with E-state index in [-0.39, 0.29) is 17.8 Å². The number of hydrogen-bond donors (Lipinski definition) is 1. The van der Waals surface area contributed by atoms with E-state index in [0.717, 1.165) is 19.4 Å². The fourth-order valence-electron chi connectivity index (χ4n) is 1.03. The standard InChI is InChI=1S/C6H11NO2.C4H6O/c1-9-6(8)5-3-2-4-7-5;1-3-4(2)5/h5,7H,2-4H2,1H3;3H,1H2,2H3. The Hall–Kier alpha value is -1.16. The molecule has 0 radical (unpaired) electrons. The van der Waals surface area contributed by atoms with E-state index in [4.69, 9.17) is 0 Å². The molecular formula is C10H17NO3. The number of ketones is 1. The number of hydrogen-bond acceptors (Lipinski definition) is 4. The lowest BCUT2D eigenvalue weighted by atomic mass is 10.2.